The van der Waals surface area contributed by atoms with E-state index in [0.717, 1.165) is 5.52 Å². The second-order valence-electron chi connectivity index (χ2n) is 4.15. The third-order valence-electron chi connectivity index (χ3n) is 2.75. The van der Waals surface area contributed by atoms with Crippen LogP contribution in [0.1, 0.15) is 5.82 Å². The summed E-state index contributed by atoms with van der Waals surface area (Å²) in [6.45, 7) is 0.373. The molecule has 0 saturated carbocycles. The van der Waals surface area contributed by atoms with Crippen LogP contribution in [0.2, 0.25) is 0 Å². The number of aliphatic hydroxyl groups excluding tert-OH is 2. The molecule has 98 valence electrons. The molecule has 6 heteroatoms. The lowest BCUT2D eigenvalue weighted by Gasteiger charge is -2.13. The van der Waals surface area contributed by atoms with Crippen molar-refractivity contribution in [3.63, 3.8) is 0 Å². The highest BCUT2D eigenvalue weighted by Gasteiger charge is 2.13. The Balaban J connectivity index is 2.40. The highest BCUT2D eigenvalue weighted by atomic mass is 16.5. The number of aromatic nitrogens is 2. The number of aliphatic hydroxyl groups is 2. The van der Waals surface area contributed by atoms with Gasteiger partial charge in [-0.1, -0.05) is 0 Å². The number of methoxy groups -OCH3 is 1. The van der Waals surface area contributed by atoms with Gasteiger partial charge in [-0.15, -0.1) is 0 Å². The van der Waals surface area contributed by atoms with Gasteiger partial charge in [-0.25, -0.2) is 4.98 Å². The van der Waals surface area contributed by atoms with Crippen molar-refractivity contribution in [2.75, 3.05) is 19.5 Å². The maximum Gasteiger partial charge on any atom is 0.135 e. The van der Waals surface area contributed by atoms with Gasteiger partial charge in [0.1, 0.15) is 12.4 Å². The summed E-state index contributed by atoms with van der Waals surface area (Å²) in [6, 6.07) is 5.34. The first-order valence-corrected chi connectivity index (χ1v) is 5.68. The lowest BCUT2D eigenvalue weighted by Crippen LogP contribution is -2.22. The molecule has 0 bridgehead atoms. The summed E-state index contributed by atoms with van der Waals surface area (Å²) in [5, 5.41) is 19.1. The molecule has 0 radical (unpaired) electrons. The van der Waals surface area contributed by atoms with Crippen molar-refractivity contribution >= 4 is 16.7 Å². The van der Waals surface area contributed by atoms with Crippen LogP contribution in [-0.2, 0) is 17.9 Å². The number of nitrogen functional groups attached to an aromatic ring is 1. The Bertz CT molecular complexity index is 539. The second-order valence-corrected chi connectivity index (χ2v) is 4.15. The molecule has 0 spiro atoms. The van der Waals surface area contributed by atoms with E-state index in [1.54, 1.807) is 16.7 Å². The minimum Gasteiger partial charge on any atom is -0.399 e. The Morgan fingerprint density at radius 1 is 1.50 bits per heavy atom. The zero-order chi connectivity index (χ0) is 13.1. The van der Waals surface area contributed by atoms with E-state index < -0.39 is 6.10 Å². The lowest BCUT2D eigenvalue weighted by atomic mass is 10.2. The van der Waals surface area contributed by atoms with Crippen LogP contribution < -0.4 is 5.73 Å². The predicted molar refractivity (Wildman–Crippen MR) is 68.0 cm³/mol. The Labute approximate surface area is 105 Å². The monoisotopic (exact) mass is 251 g/mol. The average molecular weight is 251 g/mol. The molecular formula is C12H17N3O3. The van der Waals surface area contributed by atoms with Crippen LogP contribution in [0.25, 0.3) is 11.0 Å². The first-order chi connectivity index (χ1) is 8.65. The smallest absolute Gasteiger partial charge is 0.135 e. The summed E-state index contributed by atoms with van der Waals surface area (Å²) in [6.07, 6.45) is -0.643. The highest BCUT2D eigenvalue weighted by molar-refractivity contribution is 5.79. The zero-order valence-corrected chi connectivity index (χ0v) is 10.2. The topological polar surface area (TPSA) is 93.5 Å². The molecule has 0 aliphatic carbocycles. The molecule has 0 amide bonds. The van der Waals surface area contributed by atoms with E-state index in [1.807, 2.05) is 6.07 Å². The van der Waals surface area contributed by atoms with E-state index in [9.17, 15) is 10.2 Å². The predicted octanol–water partition coefficient (Wildman–Crippen LogP) is 0.118. The zero-order valence-electron chi connectivity index (χ0n) is 10.2. The second kappa shape index (κ2) is 5.34. The molecule has 0 fully saturated rings. The van der Waals surface area contributed by atoms with Gasteiger partial charge in [-0.3, -0.25) is 0 Å². The van der Waals surface area contributed by atoms with Crippen molar-refractivity contribution in [1.82, 2.24) is 9.55 Å². The summed E-state index contributed by atoms with van der Waals surface area (Å²) in [5.74, 6) is 0.505. The number of imidazole rings is 1. The van der Waals surface area contributed by atoms with Crippen molar-refractivity contribution in [2.24, 2.45) is 0 Å². The third-order valence-corrected chi connectivity index (χ3v) is 2.75. The molecule has 6 nitrogen and oxygen atoms in total. The Morgan fingerprint density at radius 2 is 2.28 bits per heavy atom. The van der Waals surface area contributed by atoms with Crippen LogP contribution in [0.4, 0.5) is 5.69 Å². The van der Waals surface area contributed by atoms with E-state index >= 15 is 0 Å². The number of nitrogens with zero attached hydrogens (tertiary/aromatic N) is 2. The van der Waals surface area contributed by atoms with Gasteiger partial charge in [0.25, 0.3) is 0 Å². The van der Waals surface area contributed by atoms with Crippen LogP contribution in [0.5, 0.6) is 0 Å². The summed E-state index contributed by atoms with van der Waals surface area (Å²) in [5.41, 5.74) is 7.86. The van der Waals surface area contributed by atoms with E-state index in [1.165, 1.54) is 7.11 Å². The van der Waals surface area contributed by atoms with Crippen molar-refractivity contribution < 1.29 is 14.9 Å². The number of hydrogen-bond donors (Lipinski definition) is 3. The summed E-state index contributed by atoms with van der Waals surface area (Å²) < 4.78 is 6.67. The van der Waals surface area contributed by atoms with Crippen LogP contribution in [0.3, 0.4) is 0 Å². The Morgan fingerprint density at radius 3 is 2.94 bits per heavy atom. The normalized spacial score (nSPS) is 13.1. The van der Waals surface area contributed by atoms with Crippen LogP contribution in [0, 0.1) is 0 Å². The number of anilines is 1. The molecule has 1 atom stereocenters. The molecule has 1 aromatic heterocycles. The van der Waals surface area contributed by atoms with Crippen molar-refractivity contribution in [1.29, 1.82) is 0 Å². The van der Waals surface area contributed by atoms with Gasteiger partial charge in [-0.2, -0.15) is 0 Å². The van der Waals surface area contributed by atoms with Gasteiger partial charge in [0.15, 0.2) is 0 Å². The molecule has 4 N–H and O–H groups in total. The summed E-state index contributed by atoms with van der Waals surface area (Å²) in [7, 11) is 1.53. The lowest BCUT2D eigenvalue weighted by molar-refractivity contribution is 0.0532. The van der Waals surface area contributed by atoms with E-state index in [0.29, 0.717) is 23.6 Å². The van der Waals surface area contributed by atoms with Crippen molar-refractivity contribution in [3.8, 4) is 0 Å². The standard InChI is InChI=1S/C12H17N3O3/c1-18-7-9(17)5-15-11-3-2-8(13)4-10(11)14-12(15)6-16/h2-4,9,16-17H,5-7,13H2,1H3. The minimum atomic E-state index is -0.643. The van der Waals surface area contributed by atoms with Crippen molar-refractivity contribution in [3.05, 3.63) is 24.0 Å². The first-order valence-electron chi connectivity index (χ1n) is 5.68. The van der Waals surface area contributed by atoms with Gasteiger partial charge in [0.2, 0.25) is 0 Å². The molecule has 1 unspecified atom stereocenters. The first kappa shape index (κ1) is 12.8. The maximum atomic E-state index is 9.78. The largest absolute Gasteiger partial charge is 0.399 e. The van der Waals surface area contributed by atoms with Gasteiger partial charge in [0.05, 0.1) is 30.3 Å². The van der Waals surface area contributed by atoms with Crippen LogP contribution >= 0.6 is 0 Å². The Hall–Kier alpha value is -1.63. The quantitative estimate of drug-likeness (QED) is 0.656. The minimum absolute atomic E-state index is 0.186. The van der Waals surface area contributed by atoms with Crippen LogP contribution in [0.15, 0.2) is 18.2 Å². The fourth-order valence-electron chi connectivity index (χ4n) is 1.98. The number of nitrogens with two attached hydrogens (primary N) is 1. The molecule has 0 aliphatic heterocycles. The van der Waals surface area contributed by atoms with Gasteiger partial charge >= 0.3 is 0 Å². The molecule has 0 aliphatic rings. The van der Waals surface area contributed by atoms with Crippen molar-refractivity contribution in [2.45, 2.75) is 19.3 Å². The van der Waals surface area contributed by atoms with Gasteiger partial charge in [-0.05, 0) is 18.2 Å². The molecule has 2 rings (SSSR count). The van der Waals surface area contributed by atoms with E-state index in [2.05, 4.69) is 4.98 Å². The molecule has 1 aromatic carbocycles. The number of hydrogen-bond acceptors (Lipinski definition) is 5. The molecule has 2 aromatic rings. The van der Waals surface area contributed by atoms with Gasteiger partial charge in [0, 0.05) is 12.8 Å². The number of benzene rings is 1. The fraction of sp³-hybridized carbons (Fsp3) is 0.417. The number of fused-ring (bicyclic) bond motifs is 1. The van der Waals surface area contributed by atoms with Gasteiger partial charge < -0.3 is 25.3 Å². The third kappa shape index (κ3) is 2.45. The summed E-state index contributed by atoms with van der Waals surface area (Å²) in [4.78, 5) is 4.29. The number of rotatable bonds is 5. The molecule has 1 heterocycles. The SMILES string of the molecule is COCC(O)Cn1c(CO)nc2cc(N)ccc21. The van der Waals surface area contributed by atoms with E-state index in [-0.39, 0.29) is 13.2 Å². The molecule has 0 saturated heterocycles. The van der Waals surface area contributed by atoms with Crippen LogP contribution in [-0.4, -0.2) is 39.6 Å². The van der Waals surface area contributed by atoms with E-state index in [4.69, 9.17) is 10.5 Å². The molecular weight excluding hydrogens is 234 g/mol. The fourth-order valence-corrected chi connectivity index (χ4v) is 1.98. The maximum absolute atomic E-state index is 9.78. The number of ether oxygens (including phenoxy) is 1. The Kier molecular flexibility index (Phi) is 3.81. The summed E-state index contributed by atoms with van der Waals surface area (Å²) >= 11 is 0. The average Bonchev–Trinajstić information content (AvgIpc) is 2.66. The molecule has 18 heavy (non-hydrogen) atoms. The highest BCUT2D eigenvalue weighted by Crippen LogP contribution is 2.19.